The average Bonchev–Trinajstić information content (AvgIpc) is 3.18. The van der Waals surface area contributed by atoms with E-state index in [-0.39, 0.29) is 17.3 Å². The summed E-state index contributed by atoms with van der Waals surface area (Å²) in [4.78, 5) is 12.7. The first kappa shape index (κ1) is 18.9. The first-order chi connectivity index (χ1) is 13.4. The highest BCUT2D eigenvalue weighted by molar-refractivity contribution is 7.89. The van der Waals surface area contributed by atoms with E-state index in [0.717, 1.165) is 11.7 Å². The Morgan fingerprint density at radius 2 is 1.96 bits per heavy atom. The molecule has 1 amide bonds. The summed E-state index contributed by atoms with van der Waals surface area (Å²) < 4.78 is 48.9. The summed E-state index contributed by atoms with van der Waals surface area (Å²) in [5, 5.41) is 2.73. The Bertz CT molecular complexity index is 1120. The van der Waals surface area contributed by atoms with Gasteiger partial charge < -0.3 is 5.32 Å². The van der Waals surface area contributed by atoms with Gasteiger partial charge in [0.05, 0.1) is 17.6 Å². The molecule has 1 aliphatic heterocycles. The zero-order chi connectivity index (χ0) is 19.7. The molecule has 0 spiro atoms. The molecule has 0 aliphatic carbocycles. The van der Waals surface area contributed by atoms with Crippen molar-refractivity contribution >= 4 is 44.4 Å². The van der Waals surface area contributed by atoms with Crippen molar-refractivity contribution in [1.82, 2.24) is 13.1 Å². The van der Waals surface area contributed by atoms with E-state index < -0.39 is 21.8 Å². The van der Waals surface area contributed by atoms with Crippen LogP contribution in [0.25, 0.3) is 11.0 Å². The normalized spacial score (nSPS) is 18.2. The van der Waals surface area contributed by atoms with Crippen LogP contribution in [0.5, 0.6) is 0 Å². The first-order valence-electron chi connectivity index (χ1n) is 8.73. The van der Waals surface area contributed by atoms with Gasteiger partial charge in [-0.05, 0) is 49.2 Å². The zero-order valence-electron chi connectivity index (χ0n) is 14.7. The van der Waals surface area contributed by atoms with Crippen molar-refractivity contribution in [2.24, 2.45) is 5.92 Å². The minimum Gasteiger partial charge on any atom is -0.326 e. The van der Waals surface area contributed by atoms with Gasteiger partial charge in [-0.2, -0.15) is 13.1 Å². The van der Waals surface area contributed by atoms with Crippen LogP contribution in [0.1, 0.15) is 12.8 Å². The van der Waals surface area contributed by atoms with Crippen LogP contribution < -0.4 is 5.32 Å². The molecule has 1 fully saturated rings. The lowest BCUT2D eigenvalue weighted by Crippen LogP contribution is -2.43. The number of nitrogens with zero attached hydrogens (tertiary/aromatic N) is 3. The lowest BCUT2D eigenvalue weighted by atomic mass is 9.99. The standard InChI is InChI=1S/C18H17FN4O3S2/c19-13-6-8-14(9-7-13)20-18(24)12-3-2-10-23(11-12)28(25,26)16-5-1-4-15-17(16)22-27-21-15/h1,4-9,12H,2-3,10-11H2,(H,20,24)/t12-/m0/s1. The van der Waals surface area contributed by atoms with Crippen LogP contribution in [0.15, 0.2) is 47.4 Å². The highest BCUT2D eigenvalue weighted by atomic mass is 32.2. The van der Waals surface area contributed by atoms with Crippen LogP contribution in [-0.2, 0) is 14.8 Å². The van der Waals surface area contributed by atoms with Gasteiger partial charge in [-0.15, -0.1) is 0 Å². The molecule has 4 rings (SSSR count). The molecule has 146 valence electrons. The monoisotopic (exact) mass is 420 g/mol. The molecule has 1 saturated heterocycles. The molecule has 0 radical (unpaired) electrons. The van der Waals surface area contributed by atoms with Gasteiger partial charge in [0.2, 0.25) is 15.9 Å². The number of amides is 1. The fourth-order valence-electron chi connectivity index (χ4n) is 3.28. The van der Waals surface area contributed by atoms with E-state index in [2.05, 4.69) is 14.1 Å². The smallest absolute Gasteiger partial charge is 0.245 e. The van der Waals surface area contributed by atoms with Crippen LogP contribution in [0.4, 0.5) is 10.1 Å². The molecular weight excluding hydrogens is 403 g/mol. The Morgan fingerprint density at radius 3 is 2.75 bits per heavy atom. The van der Waals surface area contributed by atoms with Gasteiger partial charge in [0.1, 0.15) is 21.7 Å². The van der Waals surface area contributed by atoms with E-state index in [1.54, 1.807) is 12.1 Å². The van der Waals surface area contributed by atoms with Crippen LogP contribution in [0, 0.1) is 11.7 Å². The maximum Gasteiger partial charge on any atom is 0.245 e. The van der Waals surface area contributed by atoms with Gasteiger partial charge in [0.25, 0.3) is 0 Å². The third kappa shape index (κ3) is 3.62. The molecule has 28 heavy (non-hydrogen) atoms. The van der Waals surface area contributed by atoms with Crippen molar-refractivity contribution in [2.45, 2.75) is 17.7 Å². The lowest BCUT2D eigenvalue weighted by molar-refractivity contribution is -0.120. The van der Waals surface area contributed by atoms with Crippen molar-refractivity contribution in [1.29, 1.82) is 0 Å². The maximum absolute atomic E-state index is 13.2. The van der Waals surface area contributed by atoms with Gasteiger partial charge in [0, 0.05) is 18.8 Å². The summed E-state index contributed by atoms with van der Waals surface area (Å²) in [6, 6.07) is 10.3. The van der Waals surface area contributed by atoms with E-state index in [9.17, 15) is 17.6 Å². The second kappa shape index (κ2) is 7.53. The third-order valence-electron chi connectivity index (χ3n) is 4.73. The highest BCUT2D eigenvalue weighted by Gasteiger charge is 2.34. The molecule has 1 aromatic heterocycles. The second-order valence-corrected chi connectivity index (χ2v) is 9.02. The summed E-state index contributed by atoms with van der Waals surface area (Å²) in [5.41, 5.74) is 1.36. The van der Waals surface area contributed by atoms with Gasteiger partial charge in [-0.25, -0.2) is 12.8 Å². The van der Waals surface area contributed by atoms with E-state index >= 15 is 0 Å². The highest BCUT2D eigenvalue weighted by Crippen LogP contribution is 2.28. The molecule has 10 heteroatoms. The first-order valence-corrected chi connectivity index (χ1v) is 10.9. The zero-order valence-corrected chi connectivity index (χ0v) is 16.3. The lowest BCUT2D eigenvalue weighted by Gasteiger charge is -2.31. The van der Waals surface area contributed by atoms with Gasteiger partial charge >= 0.3 is 0 Å². The van der Waals surface area contributed by atoms with E-state index in [1.165, 1.54) is 34.6 Å². The number of carbonyl (C=O) groups excluding carboxylic acids is 1. The van der Waals surface area contributed by atoms with Crippen molar-refractivity contribution < 1.29 is 17.6 Å². The number of rotatable bonds is 4. The second-order valence-electron chi connectivity index (χ2n) is 6.59. The Hall–Kier alpha value is -2.43. The molecule has 7 nitrogen and oxygen atoms in total. The Kier molecular flexibility index (Phi) is 5.09. The predicted octanol–water partition coefficient (Wildman–Crippen LogP) is 2.87. The number of benzene rings is 2. The fourth-order valence-corrected chi connectivity index (χ4v) is 5.56. The molecule has 1 atom stereocenters. The number of sulfonamides is 1. The van der Waals surface area contributed by atoms with Crippen molar-refractivity contribution in [3.63, 3.8) is 0 Å². The maximum atomic E-state index is 13.2. The number of halogens is 1. The molecule has 1 aliphatic rings. The summed E-state index contributed by atoms with van der Waals surface area (Å²) >= 11 is 0.964. The topological polar surface area (TPSA) is 92.3 Å². The van der Waals surface area contributed by atoms with Crippen LogP contribution in [0.2, 0.25) is 0 Å². The minimum atomic E-state index is -3.80. The van der Waals surface area contributed by atoms with Gasteiger partial charge in [-0.3, -0.25) is 4.79 Å². The third-order valence-corrected chi connectivity index (χ3v) is 7.17. The fraction of sp³-hybridized carbons (Fsp3) is 0.278. The summed E-state index contributed by atoms with van der Waals surface area (Å²) in [7, 11) is -3.80. The van der Waals surface area contributed by atoms with Gasteiger partial charge in [-0.1, -0.05) is 6.07 Å². The number of fused-ring (bicyclic) bond motifs is 1. The van der Waals surface area contributed by atoms with E-state index in [1.807, 2.05) is 0 Å². The molecule has 3 aromatic rings. The SMILES string of the molecule is O=C(Nc1ccc(F)cc1)[C@H]1CCCN(S(=O)(=O)c2cccc3nsnc23)C1. The predicted molar refractivity (Wildman–Crippen MR) is 104 cm³/mol. The molecule has 2 heterocycles. The quantitative estimate of drug-likeness (QED) is 0.701. The van der Waals surface area contributed by atoms with Crippen molar-refractivity contribution in [3.8, 4) is 0 Å². The minimum absolute atomic E-state index is 0.0866. The average molecular weight is 420 g/mol. The molecular formula is C18H17FN4O3S2. The van der Waals surface area contributed by atoms with Crippen LogP contribution >= 0.6 is 11.7 Å². The molecule has 1 N–H and O–H groups in total. The number of anilines is 1. The number of carbonyl (C=O) groups is 1. The van der Waals surface area contributed by atoms with Crippen LogP contribution in [-0.4, -0.2) is 40.5 Å². The number of hydrogen-bond donors (Lipinski definition) is 1. The van der Waals surface area contributed by atoms with Crippen molar-refractivity contribution in [3.05, 3.63) is 48.3 Å². The summed E-state index contributed by atoms with van der Waals surface area (Å²) in [5.74, 6) is -1.15. The molecule has 0 unspecified atom stereocenters. The van der Waals surface area contributed by atoms with Gasteiger partial charge in [0.15, 0.2) is 0 Å². The molecule has 0 bridgehead atoms. The van der Waals surface area contributed by atoms with Crippen molar-refractivity contribution in [2.75, 3.05) is 18.4 Å². The molecule has 0 saturated carbocycles. The van der Waals surface area contributed by atoms with E-state index in [4.69, 9.17) is 0 Å². The Morgan fingerprint density at radius 1 is 1.18 bits per heavy atom. The molecule has 2 aromatic carbocycles. The Labute approximate surface area is 165 Å². The van der Waals surface area contributed by atoms with Crippen LogP contribution in [0.3, 0.4) is 0 Å². The number of nitrogens with one attached hydrogen (secondary N) is 1. The Balaban J connectivity index is 1.53. The number of aromatic nitrogens is 2. The summed E-state index contributed by atoms with van der Waals surface area (Å²) in [6.45, 7) is 0.430. The largest absolute Gasteiger partial charge is 0.326 e. The summed E-state index contributed by atoms with van der Waals surface area (Å²) in [6.07, 6.45) is 1.16. The van der Waals surface area contributed by atoms with E-state index in [0.29, 0.717) is 36.1 Å². The number of hydrogen-bond acceptors (Lipinski definition) is 6. The number of piperidine rings is 1.